The predicted molar refractivity (Wildman–Crippen MR) is 113 cm³/mol. The van der Waals surface area contributed by atoms with Gasteiger partial charge in [-0.15, -0.1) is 0 Å². The fourth-order valence-corrected chi connectivity index (χ4v) is 5.65. The van der Waals surface area contributed by atoms with Gasteiger partial charge in [0, 0.05) is 16.7 Å². The van der Waals surface area contributed by atoms with Gasteiger partial charge in [0.15, 0.2) is 5.69 Å². The number of aryl methyl sites for hydroxylation is 1. The molecule has 2 atom stereocenters. The molecule has 2 aliphatic rings. The lowest BCUT2D eigenvalue weighted by atomic mass is 9.70. The summed E-state index contributed by atoms with van der Waals surface area (Å²) in [6.07, 6.45) is 2.23. The van der Waals surface area contributed by atoms with Crippen molar-refractivity contribution in [1.82, 2.24) is 19.6 Å². The number of aromatic nitrogens is 4. The quantitative estimate of drug-likeness (QED) is 0.630. The van der Waals surface area contributed by atoms with E-state index in [2.05, 4.69) is 38.0 Å². The topological polar surface area (TPSA) is 52.7 Å². The van der Waals surface area contributed by atoms with Gasteiger partial charge in [-0.1, -0.05) is 39.0 Å². The highest BCUT2D eigenvalue weighted by Gasteiger charge is 2.63. The number of hydrogen-bond acceptors (Lipinski definition) is 3. The van der Waals surface area contributed by atoms with Crippen molar-refractivity contribution in [1.29, 1.82) is 0 Å². The largest absolute Gasteiger partial charge is 0.299 e. The van der Waals surface area contributed by atoms with Gasteiger partial charge < -0.3 is 0 Å². The third-order valence-electron chi connectivity index (χ3n) is 8.07. The Kier molecular flexibility index (Phi) is 3.59. The Morgan fingerprint density at radius 2 is 1.76 bits per heavy atom. The summed E-state index contributed by atoms with van der Waals surface area (Å²) in [7, 11) is 0. The van der Waals surface area contributed by atoms with Crippen molar-refractivity contribution in [2.45, 2.75) is 65.7 Å². The zero-order valence-electron chi connectivity index (χ0n) is 18.1. The van der Waals surface area contributed by atoms with Gasteiger partial charge in [-0.05, 0) is 62.6 Å². The second kappa shape index (κ2) is 5.68. The third kappa shape index (κ3) is 2.13. The molecule has 150 valence electrons. The molecule has 1 saturated carbocycles. The third-order valence-corrected chi connectivity index (χ3v) is 8.07. The molecule has 29 heavy (non-hydrogen) atoms. The molecule has 0 spiro atoms. The van der Waals surface area contributed by atoms with E-state index >= 15 is 0 Å². The molecule has 5 nitrogen and oxygen atoms in total. The molecule has 5 heteroatoms. The molecule has 0 aliphatic heterocycles. The zero-order chi connectivity index (χ0) is 20.7. The maximum Gasteiger partial charge on any atom is 0.299 e. The Morgan fingerprint density at radius 3 is 2.38 bits per heavy atom. The zero-order valence-corrected chi connectivity index (χ0v) is 18.1. The van der Waals surface area contributed by atoms with Crippen LogP contribution in [0.4, 0.5) is 0 Å². The van der Waals surface area contributed by atoms with Crippen LogP contribution in [-0.4, -0.2) is 25.5 Å². The maximum absolute atomic E-state index is 13.7. The molecule has 2 aromatic heterocycles. The Bertz CT molecular complexity index is 1150. The summed E-state index contributed by atoms with van der Waals surface area (Å²) in [4.78, 5) is 13.7. The van der Waals surface area contributed by atoms with Crippen LogP contribution in [-0.2, 0) is 5.41 Å². The second-order valence-electron chi connectivity index (χ2n) is 9.52. The van der Waals surface area contributed by atoms with Crippen LogP contribution in [0.25, 0.3) is 5.69 Å². The molecule has 0 unspecified atom stereocenters. The molecule has 5 rings (SSSR count). The first-order valence-corrected chi connectivity index (χ1v) is 10.4. The molecule has 1 fully saturated rings. The lowest BCUT2D eigenvalue weighted by Gasteiger charge is -2.35. The van der Waals surface area contributed by atoms with E-state index in [1.807, 2.05) is 43.7 Å². The van der Waals surface area contributed by atoms with Crippen molar-refractivity contribution >= 4 is 5.91 Å². The van der Waals surface area contributed by atoms with Crippen LogP contribution < -0.4 is 0 Å². The first-order chi connectivity index (χ1) is 13.7. The van der Waals surface area contributed by atoms with Crippen LogP contribution in [0.3, 0.4) is 0 Å². The van der Waals surface area contributed by atoms with Crippen LogP contribution in [0, 0.1) is 26.2 Å². The van der Waals surface area contributed by atoms with Crippen molar-refractivity contribution in [2.75, 3.05) is 0 Å². The predicted octanol–water partition coefficient (Wildman–Crippen LogP) is 4.86. The van der Waals surface area contributed by atoms with Crippen molar-refractivity contribution < 1.29 is 4.79 Å². The van der Waals surface area contributed by atoms with E-state index in [9.17, 15) is 4.79 Å². The highest BCUT2D eigenvalue weighted by Crippen LogP contribution is 2.68. The summed E-state index contributed by atoms with van der Waals surface area (Å²) < 4.78 is 3.58. The van der Waals surface area contributed by atoms with Gasteiger partial charge in [-0.25, -0.2) is 4.68 Å². The van der Waals surface area contributed by atoms with E-state index in [0.717, 1.165) is 41.0 Å². The minimum absolute atomic E-state index is 0.000629. The molecule has 2 heterocycles. The SMILES string of the molecule is Cc1nn(C(=O)c2nn(-c3ccccc3)c3c2[C@H]2CC[C@]3(C)C2(C)C)c(C)c1C. The average molecular weight is 389 g/mol. The minimum Gasteiger partial charge on any atom is -0.265 e. The number of para-hydroxylation sites is 1. The summed E-state index contributed by atoms with van der Waals surface area (Å²) in [5.41, 5.74) is 6.87. The summed E-state index contributed by atoms with van der Waals surface area (Å²) in [6, 6.07) is 10.2. The molecule has 1 aromatic carbocycles. The Balaban J connectivity index is 1.78. The average Bonchev–Trinajstić information content (AvgIpc) is 3.34. The van der Waals surface area contributed by atoms with Crippen LogP contribution in [0.15, 0.2) is 30.3 Å². The van der Waals surface area contributed by atoms with Crippen LogP contribution in [0.2, 0.25) is 0 Å². The Morgan fingerprint density at radius 1 is 1.07 bits per heavy atom. The number of nitrogens with zero attached hydrogens (tertiary/aromatic N) is 4. The lowest BCUT2D eigenvalue weighted by Crippen LogP contribution is -2.33. The smallest absolute Gasteiger partial charge is 0.265 e. The lowest BCUT2D eigenvalue weighted by molar-refractivity contribution is 0.0934. The first kappa shape index (κ1) is 18.3. The van der Waals surface area contributed by atoms with E-state index in [1.54, 1.807) is 4.68 Å². The van der Waals surface area contributed by atoms with Gasteiger partial charge in [-0.3, -0.25) is 4.79 Å². The number of carbonyl (C=O) groups excluding carboxylic acids is 1. The number of carbonyl (C=O) groups is 1. The van der Waals surface area contributed by atoms with Gasteiger partial charge in [0.05, 0.1) is 17.1 Å². The van der Waals surface area contributed by atoms with E-state index in [0.29, 0.717) is 11.6 Å². The summed E-state index contributed by atoms with van der Waals surface area (Å²) in [5, 5.41) is 9.44. The fourth-order valence-electron chi connectivity index (χ4n) is 5.65. The first-order valence-electron chi connectivity index (χ1n) is 10.4. The Hall–Kier alpha value is -2.69. The van der Waals surface area contributed by atoms with Gasteiger partial charge in [0.25, 0.3) is 5.91 Å². The van der Waals surface area contributed by atoms with E-state index in [4.69, 9.17) is 5.10 Å². The number of rotatable bonds is 2. The van der Waals surface area contributed by atoms with Crippen LogP contribution in [0.1, 0.15) is 78.2 Å². The number of hydrogen-bond donors (Lipinski definition) is 0. The molecule has 0 amide bonds. The molecule has 0 radical (unpaired) electrons. The number of benzene rings is 1. The normalized spacial score (nSPS) is 24.1. The maximum atomic E-state index is 13.7. The van der Waals surface area contributed by atoms with E-state index in [1.165, 1.54) is 5.69 Å². The van der Waals surface area contributed by atoms with Crippen molar-refractivity contribution in [3.05, 3.63) is 64.2 Å². The van der Waals surface area contributed by atoms with Crippen molar-refractivity contribution in [3.63, 3.8) is 0 Å². The molecular formula is C24H28N4O. The highest BCUT2D eigenvalue weighted by atomic mass is 16.2. The molecule has 0 saturated heterocycles. The van der Waals surface area contributed by atoms with Gasteiger partial charge in [-0.2, -0.15) is 14.9 Å². The minimum atomic E-state index is -0.114. The van der Waals surface area contributed by atoms with E-state index < -0.39 is 0 Å². The van der Waals surface area contributed by atoms with Crippen molar-refractivity contribution in [3.8, 4) is 5.69 Å². The van der Waals surface area contributed by atoms with Gasteiger partial charge in [0.2, 0.25) is 0 Å². The molecule has 0 N–H and O–H groups in total. The fraction of sp³-hybridized carbons (Fsp3) is 0.458. The molecule has 3 aromatic rings. The number of fused-ring (bicyclic) bond motifs is 5. The van der Waals surface area contributed by atoms with Gasteiger partial charge in [0.1, 0.15) is 0 Å². The van der Waals surface area contributed by atoms with Crippen LogP contribution in [0.5, 0.6) is 0 Å². The second-order valence-corrected chi connectivity index (χ2v) is 9.52. The molecule has 2 bridgehead atoms. The summed E-state index contributed by atoms with van der Waals surface area (Å²) in [5.74, 6) is 0.230. The van der Waals surface area contributed by atoms with Crippen molar-refractivity contribution in [2.24, 2.45) is 5.41 Å². The van der Waals surface area contributed by atoms with Gasteiger partial charge >= 0.3 is 0 Å². The van der Waals surface area contributed by atoms with Crippen LogP contribution >= 0.6 is 0 Å². The standard InChI is InChI=1S/C24H28N4O/c1-14-15(2)25-27(16(14)3)22(29)20-19-18-12-13-24(6,23(18,4)5)21(19)28(26-20)17-10-8-7-9-11-17/h7-11,18H,12-13H2,1-6H3/t18-,24+/m1/s1. The monoisotopic (exact) mass is 388 g/mol. The van der Waals surface area contributed by atoms with E-state index in [-0.39, 0.29) is 16.7 Å². The summed E-state index contributed by atoms with van der Waals surface area (Å²) in [6.45, 7) is 13.0. The Labute approximate surface area is 171 Å². The molecular weight excluding hydrogens is 360 g/mol. The summed E-state index contributed by atoms with van der Waals surface area (Å²) >= 11 is 0. The highest BCUT2D eigenvalue weighted by molar-refractivity contribution is 5.96. The molecule has 2 aliphatic carbocycles.